The van der Waals surface area contributed by atoms with Gasteiger partial charge in [0.2, 0.25) is 17.0 Å². The van der Waals surface area contributed by atoms with E-state index in [4.69, 9.17) is 21.1 Å². The molecular formula is C19H19ClN6O3S. The van der Waals surface area contributed by atoms with E-state index in [2.05, 4.69) is 31.0 Å². The topological polar surface area (TPSA) is 114 Å². The van der Waals surface area contributed by atoms with Gasteiger partial charge in [0.1, 0.15) is 0 Å². The highest BCUT2D eigenvalue weighted by atomic mass is 35.5. The molecular weight excluding hydrogens is 428 g/mol. The minimum Gasteiger partial charge on any atom is -0.493 e. The maximum Gasteiger partial charge on any atom is 0.240 e. The van der Waals surface area contributed by atoms with E-state index in [1.54, 1.807) is 43.7 Å². The molecule has 0 unspecified atom stereocenters. The standard InChI is InChI=1S/C19H19ClN6O3S/c1-28-15-8-7-14(9-16(15)29-2)22-17(27)11-30-19-23-18(25-26-19)24-21-10-12-3-5-13(20)6-4-12/h3-10H,11H2,1-2H3,(H,22,27)(H2,23,24,25,26)/b21-10+. The first-order valence-corrected chi connectivity index (χ1v) is 10.1. The van der Waals surface area contributed by atoms with Crippen LogP contribution in [-0.4, -0.2) is 47.3 Å². The number of nitrogens with zero attached hydrogens (tertiary/aromatic N) is 3. The molecule has 0 aliphatic rings. The smallest absolute Gasteiger partial charge is 0.240 e. The van der Waals surface area contributed by atoms with Gasteiger partial charge in [-0.05, 0) is 29.8 Å². The number of H-pyrrole nitrogens is 1. The summed E-state index contributed by atoms with van der Waals surface area (Å²) in [7, 11) is 3.09. The quantitative estimate of drug-likeness (QED) is 0.261. The maximum absolute atomic E-state index is 12.2. The van der Waals surface area contributed by atoms with Crippen molar-refractivity contribution >= 4 is 47.1 Å². The molecule has 0 radical (unpaired) electrons. The third-order valence-electron chi connectivity index (χ3n) is 3.72. The third kappa shape index (κ3) is 6.13. The molecule has 0 aliphatic heterocycles. The van der Waals surface area contributed by atoms with Gasteiger partial charge < -0.3 is 14.8 Å². The van der Waals surface area contributed by atoms with E-state index >= 15 is 0 Å². The number of halogens is 1. The number of nitrogens with one attached hydrogen (secondary N) is 3. The first kappa shape index (κ1) is 21.5. The minimum atomic E-state index is -0.202. The molecule has 0 saturated carbocycles. The number of benzene rings is 2. The van der Waals surface area contributed by atoms with Gasteiger partial charge in [-0.25, -0.2) is 10.5 Å². The number of ether oxygens (including phenoxy) is 2. The Morgan fingerprint density at radius 1 is 1.20 bits per heavy atom. The number of thioether (sulfide) groups is 1. The molecule has 156 valence electrons. The zero-order valence-corrected chi connectivity index (χ0v) is 17.8. The van der Waals surface area contributed by atoms with Crippen LogP contribution < -0.4 is 20.2 Å². The maximum atomic E-state index is 12.2. The molecule has 0 saturated heterocycles. The summed E-state index contributed by atoms with van der Waals surface area (Å²) in [6, 6.07) is 12.4. The van der Waals surface area contributed by atoms with Crippen LogP contribution in [0.1, 0.15) is 5.56 Å². The van der Waals surface area contributed by atoms with Crippen molar-refractivity contribution in [3.63, 3.8) is 0 Å². The summed E-state index contributed by atoms with van der Waals surface area (Å²) < 4.78 is 10.4. The van der Waals surface area contributed by atoms with Gasteiger partial charge >= 0.3 is 0 Å². The summed E-state index contributed by atoms with van der Waals surface area (Å²) in [5.74, 6) is 1.42. The van der Waals surface area contributed by atoms with Crippen molar-refractivity contribution in [3.05, 3.63) is 53.1 Å². The summed E-state index contributed by atoms with van der Waals surface area (Å²) in [5, 5.41) is 14.7. The average molecular weight is 447 g/mol. The van der Waals surface area contributed by atoms with Crippen LogP contribution in [0.2, 0.25) is 5.02 Å². The van der Waals surface area contributed by atoms with Gasteiger partial charge in [-0.1, -0.05) is 35.5 Å². The number of hydrazone groups is 1. The number of hydrogen-bond acceptors (Lipinski definition) is 8. The normalized spacial score (nSPS) is 10.8. The SMILES string of the molecule is COc1ccc(NC(=O)CSc2n[nH]c(N/N=C/c3ccc(Cl)cc3)n2)cc1OC. The number of methoxy groups -OCH3 is 2. The number of rotatable bonds is 9. The van der Waals surface area contributed by atoms with Crippen LogP contribution in [0, 0.1) is 0 Å². The highest BCUT2D eigenvalue weighted by Crippen LogP contribution is 2.29. The largest absolute Gasteiger partial charge is 0.493 e. The number of anilines is 2. The Bertz CT molecular complexity index is 1030. The molecule has 0 aliphatic carbocycles. The van der Waals surface area contributed by atoms with Crippen LogP contribution in [0.5, 0.6) is 11.5 Å². The van der Waals surface area contributed by atoms with Crippen LogP contribution >= 0.6 is 23.4 Å². The van der Waals surface area contributed by atoms with Crippen molar-refractivity contribution in [2.45, 2.75) is 5.16 Å². The molecule has 1 aromatic heterocycles. The molecule has 0 spiro atoms. The Balaban J connectivity index is 1.47. The van der Waals surface area contributed by atoms with Crippen molar-refractivity contribution in [2.24, 2.45) is 5.10 Å². The summed E-state index contributed by atoms with van der Waals surface area (Å²) in [4.78, 5) is 16.4. The van der Waals surface area contributed by atoms with Crippen LogP contribution in [0.25, 0.3) is 0 Å². The lowest BCUT2D eigenvalue weighted by Gasteiger charge is -2.10. The monoisotopic (exact) mass is 446 g/mol. The highest BCUT2D eigenvalue weighted by Gasteiger charge is 2.10. The fourth-order valence-corrected chi connectivity index (χ4v) is 3.04. The van der Waals surface area contributed by atoms with E-state index < -0.39 is 0 Å². The van der Waals surface area contributed by atoms with E-state index in [0.717, 1.165) is 5.56 Å². The van der Waals surface area contributed by atoms with Crippen LogP contribution in [-0.2, 0) is 4.79 Å². The lowest BCUT2D eigenvalue weighted by molar-refractivity contribution is -0.113. The van der Waals surface area contributed by atoms with E-state index in [0.29, 0.717) is 33.3 Å². The van der Waals surface area contributed by atoms with Gasteiger partial charge in [-0.2, -0.15) is 10.1 Å². The summed E-state index contributed by atoms with van der Waals surface area (Å²) in [6.07, 6.45) is 1.63. The zero-order valence-electron chi connectivity index (χ0n) is 16.2. The van der Waals surface area contributed by atoms with Crippen LogP contribution in [0.15, 0.2) is 52.7 Å². The molecule has 0 fully saturated rings. The predicted molar refractivity (Wildman–Crippen MR) is 118 cm³/mol. The fraction of sp³-hybridized carbons (Fsp3) is 0.158. The van der Waals surface area contributed by atoms with Gasteiger partial charge in [-0.15, -0.1) is 5.10 Å². The molecule has 3 rings (SSSR count). The van der Waals surface area contributed by atoms with Crippen LogP contribution in [0.4, 0.5) is 11.6 Å². The zero-order chi connectivity index (χ0) is 21.3. The lowest BCUT2D eigenvalue weighted by Crippen LogP contribution is -2.14. The molecule has 0 bridgehead atoms. The molecule has 1 amide bonds. The van der Waals surface area contributed by atoms with Gasteiger partial charge in [0, 0.05) is 16.8 Å². The summed E-state index contributed by atoms with van der Waals surface area (Å²) >= 11 is 7.03. The third-order valence-corrected chi connectivity index (χ3v) is 4.82. The van der Waals surface area contributed by atoms with Crippen LogP contribution in [0.3, 0.4) is 0 Å². The average Bonchev–Trinajstić information content (AvgIpc) is 3.21. The number of amides is 1. The minimum absolute atomic E-state index is 0.139. The number of aromatic amines is 1. The van der Waals surface area contributed by atoms with E-state index in [1.165, 1.54) is 18.9 Å². The Kier molecular flexibility index (Phi) is 7.52. The molecule has 30 heavy (non-hydrogen) atoms. The van der Waals surface area contributed by atoms with Gasteiger partial charge in [0.25, 0.3) is 0 Å². The van der Waals surface area contributed by atoms with Crippen molar-refractivity contribution in [1.29, 1.82) is 0 Å². The number of carbonyl (C=O) groups is 1. The second-order valence-corrected chi connectivity index (χ2v) is 7.17. The lowest BCUT2D eigenvalue weighted by atomic mass is 10.2. The fourth-order valence-electron chi connectivity index (χ4n) is 2.32. The number of aromatic nitrogens is 3. The Morgan fingerprint density at radius 2 is 1.97 bits per heavy atom. The first-order valence-electron chi connectivity index (χ1n) is 8.69. The molecule has 0 atom stereocenters. The van der Waals surface area contributed by atoms with Crippen molar-refractivity contribution < 1.29 is 14.3 Å². The van der Waals surface area contributed by atoms with Gasteiger partial charge in [-0.3, -0.25) is 4.79 Å². The second-order valence-electron chi connectivity index (χ2n) is 5.79. The van der Waals surface area contributed by atoms with Gasteiger partial charge in [0.05, 0.1) is 26.2 Å². The molecule has 2 aromatic carbocycles. The van der Waals surface area contributed by atoms with Crippen molar-refractivity contribution in [1.82, 2.24) is 15.2 Å². The van der Waals surface area contributed by atoms with Crippen molar-refractivity contribution in [2.75, 3.05) is 30.7 Å². The number of hydrogen-bond donors (Lipinski definition) is 3. The van der Waals surface area contributed by atoms with E-state index in [1.807, 2.05) is 12.1 Å². The molecule has 3 N–H and O–H groups in total. The highest BCUT2D eigenvalue weighted by molar-refractivity contribution is 7.99. The summed E-state index contributed by atoms with van der Waals surface area (Å²) in [5.41, 5.74) is 4.23. The molecule has 1 heterocycles. The number of carbonyl (C=O) groups excluding carboxylic acids is 1. The summed E-state index contributed by atoms with van der Waals surface area (Å²) in [6.45, 7) is 0. The Labute approximate surface area is 182 Å². The molecule has 9 nitrogen and oxygen atoms in total. The Hall–Kier alpha value is -3.24. The first-order chi connectivity index (χ1) is 14.6. The second kappa shape index (κ2) is 10.5. The Morgan fingerprint density at radius 3 is 2.70 bits per heavy atom. The molecule has 11 heteroatoms. The van der Waals surface area contributed by atoms with Gasteiger partial charge in [0.15, 0.2) is 11.5 Å². The van der Waals surface area contributed by atoms with E-state index in [9.17, 15) is 4.79 Å². The molecule has 3 aromatic rings. The van der Waals surface area contributed by atoms with Crippen molar-refractivity contribution in [3.8, 4) is 11.5 Å². The van der Waals surface area contributed by atoms with E-state index in [-0.39, 0.29) is 11.7 Å². The predicted octanol–water partition coefficient (Wildman–Crippen LogP) is 3.65.